The molecule has 0 saturated heterocycles. The molecule has 0 atom stereocenters. The first kappa shape index (κ1) is 14.2. The molecule has 0 heterocycles. The van der Waals surface area contributed by atoms with Crippen LogP contribution in [0.25, 0.3) is 0 Å². The number of halogens is 1. The van der Waals surface area contributed by atoms with Crippen molar-refractivity contribution in [1.82, 2.24) is 0 Å². The maximum atomic E-state index is 12.2. The van der Waals surface area contributed by atoms with Gasteiger partial charge in [0.15, 0.2) is 0 Å². The molecule has 2 aromatic carbocycles. The number of hydrogen-bond acceptors (Lipinski definition) is 3. The van der Waals surface area contributed by atoms with Gasteiger partial charge < -0.3 is 15.8 Å². The fourth-order valence-electron chi connectivity index (χ4n) is 1.82. The fraction of sp³-hybridized carbons (Fsp3) is 0.133. The number of aryl methyl sites for hydroxylation is 1. The number of amides is 1. The lowest BCUT2D eigenvalue weighted by Gasteiger charge is -2.13. The molecule has 2 rings (SSSR count). The Hall–Kier alpha value is -2.20. The predicted molar refractivity (Wildman–Crippen MR) is 81.5 cm³/mol. The molecule has 0 saturated carbocycles. The molecule has 20 heavy (non-hydrogen) atoms. The van der Waals surface area contributed by atoms with Crippen LogP contribution in [0.5, 0.6) is 5.75 Å². The first-order chi connectivity index (χ1) is 9.52. The lowest BCUT2D eigenvalue weighted by atomic mass is 10.1. The zero-order chi connectivity index (χ0) is 14.7. The Morgan fingerprint density at radius 2 is 2.00 bits per heavy atom. The van der Waals surface area contributed by atoms with Crippen molar-refractivity contribution in [1.29, 1.82) is 0 Å². The summed E-state index contributed by atoms with van der Waals surface area (Å²) in [6.45, 7) is 1.86. The van der Waals surface area contributed by atoms with Crippen LogP contribution in [-0.4, -0.2) is 13.0 Å². The minimum absolute atomic E-state index is 0.289. The quantitative estimate of drug-likeness (QED) is 0.851. The maximum Gasteiger partial charge on any atom is 0.257 e. The van der Waals surface area contributed by atoms with Crippen LogP contribution in [-0.2, 0) is 0 Å². The first-order valence-corrected chi connectivity index (χ1v) is 6.40. The number of nitrogens with one attached hydrogen (secondary N) is 1. The highest BCUT2D eigenvalue weighted by molar-refractivity contribution is 6.31. The van der Waals surface area contributed by atoms with Crippen LogP contribution in [0.4, 0.5) is 11.4 Å². The average molecular weight is 291 g/mol. The number of rotatable bonds is 3. The number of para-hydroxylation sites is 1. The molecule has 1 amide bonds. The Kier molecular flexibility index (Phi) is 4.15. The Balaban J connectivity index is 2.33. The number of hydrogen-bond donors (Lipinski definition) is 2. The number of anilines is 2. The third-order valence-electron chi connectivity index (χ3n) is 2.93. The number of nitrogen functional groups attached to an aromatic ring is 1. The van der Waals surface area contributed by atoms with E-state index in [1.807, 2.05) is 6.92 Å². The van der Waals surface area contributed by atoms with Crippen LogP contribution in [0, 0.1) is 6.92 Å². The van der Waals surface area contributed by atoms with Crippen molar-refractivity contribution in [2.45, 2.75) is 6.92 Å². The number of carbonyl (C=O) groups is 1. The summed E-state index contributed by atoms with van der Waals surface area (Å²) >= 11 is 6.03. The molecule has 0 fully saturated rings. The van der Waals surface area contributed by atoms with Gasteiger partial charge in [0.1, 0.15) is 5.75 Å². The zero-order valence-corrected chi connectivity index (χ0v) is 12.0. The molecule has 5 heteroatoms. The molecule has 0 spiro atoms. The van der Waals surface area contributed by atoms with Gasteiger partial charge in [-0.3, -0.25) is 4.79 Å². The third kappa shape index (κ3) is 2.86. The highest BCUT2D eigenvalue weighted by Crippen LogP contribution is 2.31. The summed E-state index contributed by atoms with van der Waals surface area (Å²) in [6, 6.07) is 10.3. The topological polar surface area (TPSA) is 64.3 Å². The van der Waals surface area contributed by atoms with Crippen LogP contribution in [0.1, 0.15) is 15.9 Å². The monoisotopic (exact) mass is 290 g/mol. The standard InChI is InChI=1S/C15H15ClN2O2/c1-9-7-13(14(20-2)8-11(9)16)18-15(19)10-5-3-4-6-12(10)17/h3-8H,17H2,1-2H3,(H,18,19). The normalized spacial score (nSPS) is 10.2. The number of benzene rings is 2. The average Bonchev–Trinajstić information content (AvgIpc) is 2.43. The summed E-state index contributed by atoms with van der Waals surface area (Å²) in [5, 5.41) is 3.37. The molecule has 4 nitrogen and oxygen atoms in total. The summed E-state index contributed by atoms with van der Waals surface area (Å²) in [5.74, 6) is 0.214. The van der Waals surface area contributed by atoms with Gasteiger partial charge in [-0.25, -0.2) is 0 Å². The van der Waals surface area contributed by atoms with Crippen molar-refractivity contribution in [2.24, 2.45) is 0 Å². The Labute approximate surface area is 122 Å². The molecule has 0 aliphatic rings. The molecule has 2 aromatic rings. The fourth-order valence-corrected chi connectivity index (χ4v) is 1.98. The van der Waals surface area contributed by atoms with E-state index in [0.717, 1.165) is 5.56 Å². The predicted octanol–water partition coefficient (Wildman–Crippen LogP) is 3.49. The van der Waals surface area contributed by atoms with E-state index in [-0.39, 0.29) is 5.91 Å². The van der Waals surface area contributed by atoms with Gasteiger partial charge >= 0.3 is 0 Å². The number of ether oxygens (including phenoxy) is 1. The summed E-state index contributed by atoms with van der Waals surface area (Å²) in [5.41, 5.74) is 8.04. The molecule has 0 unspecified atom stereocenters. The van der Waals surface area contributed by atoms with E-state index >= 15 is 0 Å². The number of methoxy groups -OCH3 is 1. The van der Waals surface area contributed by atoms with E-state index in [9.17, 15) is 4.79 Å². The van der Waals surface area contributed by atoms with Gasteiger partial charge in [-0.05, 0) is 30.7 Å². The number of carbonyl (C=O) groups excluding carboxylic acids is 1. The minimum Gasteiger partial charge on any atom is -0.495 e. The molecule has 3 N–H and O–H groups in total. The van der Waals surface area contributed by atoms with Crippen LogP contribution >= 0.6 is 11.6 Å². The van der Waals surface area contributed by atoms with Crippen LogP contribution in [0.15, 0.2) is 36.4 Å². The SMILES string of the molecule is COc1cc(Cl)c(C)cc1NC(=O)c1ccccc1N. The minimum atomic E-state index is -0.289. The highest BCUT2D eigenvalue weighted by atomic mass is 35.5. The maximum absolute atomic E-state index is 12.2. The van der Waals surface area contributed by atoms with Gasteiger partial charge in [0.2, 0.25) is 0 Å². The largest absolute Gasteiger partial charge is 0.495 e. The molecular formula is C15H15ClN2O2. The summed E-state index contributed by atoms with van der Waals surface area (Å²) in [7, 11) is 1.52. The van der Waals surface area contributed by atoms with Crippen molar-refractivity contribution >= 4 is 28.9 Å². The van der Waals surface area contributed by atoms with E-state index < -0.39 is 0 Å². The Morgan fingerprint density at radius 3 is 2.65 bits per heavy atom. The molecule has 0 radical (unpaired) electrons. The van der Waals surface area contributed by atoms with Crippen molar-refractivity contribution in [2.75, 3.05) is 18.2 Å². The summed E-state index contributed by atoms with van der Waals surface area (Å²) in [4.78, 5) is 12.2. The highest BCUT2D eigenvalue weighted by Gasteiger charge is 2.13. The molecule has 0 aromatic heterocycles. The van der Waals surface area contributed by atoms with Gasteiger partial charge in [0.05, 0.1) is 18.4 Å². The smallest absolute Gasteiger partial charge is 0.257 e. The first-order valence-electron chi connectivity index (χ1n) is 6.03. The van der Waals surface area contributed by atoms with Crippen LogP contribution < -0.4 is 15.8 Å². The van der Waals surface area contributed by atoms with Crippen molar-refractivity contribution < 1.29 is 9.53 Å². The second kappa shape index (κ2) is 5.84. The van der Waals surface area contributed by atoms with Crippen molar-refractivity contribution in [3.8, 4) is 5.75 Å². The second-order valence-electron chi connectivity index (χ2n) is 4.34. The molecule has 104 valence electrons. The summed E-state index contributed by atoms with van der Waals surface area (Å²) in [6.07, 6.45) is 0. The van der Waals surface area contributed by atoms with Crippen LogP contribution in [0.2, 0.25) is 5.02 Å². The van der Waals surface area contributed by atoms with Gasteiger partial charge in [0, 0.05) is 16.8 Å². The van der Waals surface area contributed by atoms with E-state index in [2.05, 4.69) is 5.32 Å². The molecular weight excluding hydrogens is 276 g/mol. The zero-order valence-electron chi connectivity index (χ0n) is 11.2. The third-order valence-corrected chi connectivity index (χ3v) is 3.34. The van der Waals surface area contributed by atoms with Crippen molar-refractivity contribution in [3.63, 3.8) is 0 Å². The van der Waals surface area contributed by atoms with E-state index in [4.69, 9.17) is 22.1 Å². The van der Waals surface area contributed by atoms with E-state index in [1.165, 1.54) is 7.11 Å². The van der Waals surface area contributed by atoms with Gasteiger partial charge in [0.25, 0.3) is 5.91 Å². The Morgan fingerprint density at radius 1 is 1.30 bits per heavy atom. The van der Waals surface area contributed by atoms with Gasteiger partial charge in [-0.1, -0.05) is 23.7 Å². The molecule has 0 bridgehead atoms. The van der Waals surface area contributed by atoms with Gasteiger partial charge in [-0.15, -0.1) is 0 Å². The van der Waals surface area contributed by atoms with Crippen LogP contribution in [0.3, 0.4) is 0 Å². The molecule has 0 aliphatic carbocycles. The lowest BCUT2D eigenvalue weighted by molar-refractivity contribution is 0.102. The van der Waals surface area contributed by atoms with Gasteiger partial charge in [-0.2, -0.15) is 0 Å². The Bertz CT molecular complexity index is 656. The number of nitrogens with two attached hydrogens (primary N) is 1. The second-order valence-corrected chi connectivity index (χ2v) is 4.75. The lowest BCUT2D eigenvalue weighted by Crippen LogP contribution is -2.14. The van der Waals surface area contributed by atoms with E-state index in [0.29, 0.717) is 27.7 Å². The molecule has 0 aliphatic heterocycles. The summed E-state index contributed by atoms with van der Waals surface area (Å²) < 4.78 is 5.22. The van der Waals surface area contributed by atoms with E-state index in [1.54, 1.807) is 36.4 Å². The van der Waals surface area contributed by atoms with Crippen molar-refractivity contribution in [3.05, 3.63) is 52.5 Å².